The van der Waals surface area contributed by atoms with E-state index in [2.05, 4.69) is 10.3 Å². The molecular weight excluding hydrogens is 456 g/mol. The molecule has 1 saturated heterocycles. The van der Waals surface area contributed by atoms with E-state index in [-0.39, 0.29) is 22.8 Å². The first kappa shape index (κ1) is 22.8. The SMILES string of the molecule is COc1cc(NC(=O)N2CCC(Oc3nc4c(F)cc(F)cc4s3)CC2)cc(OC)c1OC. The number of thiazole rings is 1. The third-order valence-corrected chi connectivity index (χ3v) is 6.20. The second kappa shape index (κ2) is 9.65. The van der Waals surface area contributed by atoms with E-state index in [0.29, 0.717) is 53.6 Å². The van der Waals surface area contributed by atoms with Gasteiger partial charge in [-0.2, -0.15) is 4.98 Å². The summed E-state index contributed by atoms with van der Waals surface area (Å²) in [6, 6.07) is 5.09. The molecule has 2 aromatic carbocycles. The van der Waals surface area contributed by atoms with Crippen LogP contribution in [-0.4, -0.2) is 56.4 Å². The Hall–Kier alpha value is -3.34. The molecule has 2 amide bonds. The topological polar surface area (TPSA) is 82.2 Å². The predicted octanol–water partition coefficient (Wildman–Crippen LogP) is 4.68. The second-order valence-electron chi connectivity index (χ2n) is 7.36. The molecule has 0 aliphatic carbocycles. The van der Waals surface area contributed by atoms with Gasteiger partial charge in [-0.05, 0) is 6.07 Å². The number of benzene rings is 2. The highest BCUT2D eigenvalue weighted by Crippen LogP contribution is 2.40. The van der Waals surface area contributed by atoms with Crippen LogP contribution in [0.4, 0.5) is 19.3 Å². The number of amides is 2. The van der Waals surface area contributed by atoms with Crippen LogP contribution in [0.15, 0.2) is 24.3 Å². The Labute approximate surface area is 193 Å². The van der Waals surface area contributed by atoms with E-state index >= 15 is 0 Å². The normalized spacial score (nSPS) is 14.3. The molecule has 0 bridgehead atoms. The molecule has 11 heteroatoms. The molecule has 4 rings (SSSR count). The molecule has 1 N–H and O–H groups in total. The number of ether oxygens (including phenoxy) is 4. The zero-order valence-electron chi connectivity index (χ0n) is 18.3. The van der Waals surface area contributed by atoms with Crippen LogP contribution >= 0.6 is 11.3 Å². The summed E-state index contributed by atoms with van der Waals surface area (Å²) in [5.41, 5.74) is 0.607. The fraction of sp³-hybridized carbons (Fsp3) is 0.364. The molecule has 33 heavy (non-hydrogen) atoms. The van der Waals surface area contributed by atoms with Gasteiger partial charge in [-0.15, -0.1) is 0 Å². The molecule has 1 aliphatic rings. The van der Waals surface area contributed by atoms with Gasteiger partial charge in [0.05, 0.1) is 31.7 Å². The third kappa shape index (κ3) is 4.87. The van der Waals surface area contributed by atoms with Crippen molar-refractivity contribution in [1.29, 1.82) is 0 Å². The van der Waals surface area contributed by atoms with Gasteiger partial charge >= 0.3 is 6.03 Å². The summed E-state index contributed by atoms with van der Waals surface area (Å²) in [6.45, 7) is 0.934. The number of halogens is 2. The fourth-order valence-corrected chi connectivity index (χ4v) is 4.58. The predicted molar refractivity (Wildman–Crippen MR) is 120 cm³/mol. The fourth-order valence-electron chi connectivity index (χ4n) is 3.66. The maximum absolute atomic E-state index is 13.9. The van der Waals surface area contributed by atoms with Crippen LogP contribution in [-0.2, 0) is 0 Å². The molecule has 0 atom stereocenters. The van der Waals surface area contributed by atoms with Gasteiger partial charge in [-0.25, -0.2) is 13.6 Å². The van der Waals surface area contributed by atoms with Crippen molar-refractivity contribution in [2.75, 3.05) is 39.7 Å². The van der Waals surface area contributed by atoms with Gasteiger partial charge in [0.15, 0.2) is 17.3 Å². The van der Waals surface area contributed by atoms with Crippen LogP contribution in [0.5, 0.6) is 22.4 Å². The number of nitrogens with one attached hydrogen (secondary N) is 1. The number of rotatable bonds is 6. The molecule has 3 aromatic rings. The van der Waals surface area contributed by atoms with Crippen molar-refractivity contribution in [3.63, 3.8) is 0 Å². The Morgan fingerprint density at radius 3 is 2.33 bits per heavy atom. The van der Waals surface area contributed by atoms with E-state index in [9.17, 15) is 13.6 Å². The third-order valence-electron chi connectivity index (χ3n) is 5.31. The van der Waals surface area contributed by atoms with Crippen molar-refractivity contribution in [3.05, 3.63) is 35.9 Å². The van der Waals surface area contributed by atoms with Gasteiger partial charge < -0.3 is 29.2 Å². The number of likely N-dealkylation sites (tertiary alicyclic amines) is 1. The van der Waals surface area contributed by atoms with E-state index in [1.54, 1.807) is 17.0 Å². The molecule has 1 aromatic heterocycles. The van der Waals surface area contributed by atoms with Crippen molar-refractivity contribution in [3.8, 4) is 22.4 Å². The number of piperidine rings is 1. The standard InChI is InChI=1S/C22H23F2N3O5S/c1-29-16-10-13(11-17(30-2)20(16)31-3)25-21(28)27-6-4-14(5-7-27)32-22-26-19-15(24)8-12(23)9-18(19)33-22/h8-11,14H,4-7H2,1-3H3,(H,25,28). The summed E-state index contributed by atoms with van der Waals surface area (Å²) in [5.74, 6) is -0.0535. The molecule has 0 radical (unpaired) electrons. The highest BCUT2D eigenvalue weighted by atomic mass is 32.1. The monoisotopic (exact) mass is 479 g/mol. The number of nitrogens with zero attached hydrogens (tertiary/aromatic N) is 2. The minimum atomic E-state index is -0.714. The van der Waals surface area contributed by atoms with Crippen molar-refractivity contribution in [1.82, 2.24) is 9.88 Å². The number of urea groups is 1. The minimum Gasteiger partial charge on any atom is -0.493 e. The minimum absolute atomic E-state index is 0.0959. The number of anilines is 1. The number of hydrogen-bond acceptors (Lipinski definition) is 7. The first-order valence-corrected chi connectivity index (χ1v) is 11.0. The highest BCUT2D eigenvalue weighted by Gasteiger charge is 2.26. The zero-order chi connectivity index (χ0) is 23.5. The van der Waals surface area contributed by atoms with Gasteiger partial charge in [0.2, 0.25) is 5.75 Å². The molecule has 0 unspecified atom stereocenters. The quantitative estimate of drug-likeness (QED) is 0.553. The highest BCUT2D eigenvalue weighted by molar-refractivity contribution is 7.20. The smallest absolute Gasteiger partial charge is 0.321 e. The van der Waals surface area contributed by atoms with Crippen LogP contribution in [0.3, 0.4) is 0 Å². The van der Waals surface area contributed by atoms with E-state index in [1.165, 1.54) is 27.4 Å². The van der Waals surface area contributed by atoms with E-state index in [4.69, 9.17) is 18.9 Å². The Kier molecular flexibility index (Phi) is 6.68. The van der Waals surface area contributed by atoms with Crippen molar-refractivity contribution < 1.29 is 32.5 Å². The summed E-state index contributed by atoms with van der Waals surface area (Å²) in [6.07, 6.45) is 0.980. The Morgan fingerprint density at radius 1 is 1.06 bits per heavy atom. The molecule has 1 aliphatic heterocycles. The Bertz CT molecular complexity index is 1140. The molecule has 2 heterocycles. The van der Waals surface area contributed by atoms with Crippen molar-refractivity contribution in [2.45, 2.75) is 18.9 Å². The molecule has 0 saturated carbocycles. The summed E-state index contributed by atoms with van der Waals surface area (Å²) in [4.78, 5) is 18.6. The van der Waals surface area contributed by atoms with E-state index in [0.717, 1.165) is 17.4 Å². The second-order valence-corrected chi connectivity index (χ2v) is 8.36. The zero-order valence-corrected chi connectivity index (χ0v) is 19.1. The lowest BCUT2D eigenvalue weighted by Gasteiger charge is -2.31. The summed E-state index contributed by atoms with van der Waals surface area (Å²) in [7, 11) is 4.52. The van der Waals surface area contributed by atoms with Gasteiger partial charge in [0.1, 0.15) is 17.4 Å². The van der Waals surface area contributed by atoms with Gasteiger partial charge in [0, 0.05) is 44.1 Å². The molecule has 8 nitrogen and oxygen atoms in total. The Morgan fingerprint density at radius 2 is 1.73 bits per heavy atom. The number of carbonyl (C=O) groups is 1. The van der Waals surface area contributed by atoms with Gasteiger partial charge in [-0.3, -0.25) is 0 Å². The van der Waals surface area contributed by atoms with Crippen LogP contribution in [0, 0.1) is 11.6 Å². The average Bonchev–Trinajstić information content (AvgIpc) is 3.21. The first-order chi connectivity index (χ1) is 15.9. The van der Waals surface area contributed by atoms with Crippen molar-refractivity contribution >= 4 is 33.3 Å². The van der Waals surface area contributed by atoms with Crippen LogP contribution < -0.4 is 24.3 Å². The van der Waals surface area contributed by atoms with Crippen LogP contribution in [0.25, 0.3) is 10.2 Å². The summed E-state index contributed by atoms with van der Waals surface area (Å²) >= 11 is 1.10. The largest absolute Gasteiger partial charge is 0.493 e. The Balaban J connectivity index is 1.36. The van der Waals surface area contributed by atoms with Crippen molar-refractivity contribution in [2.24, 2.45) is 0 Å². The number of carbonyl (C=O) groups excluding carboxylic acids is 1. The molecule has 1 fully saturated rings. The lowest BCUT2D eigenvalue weighted by molar-refractivity contribution is 0.115. The lowest BCUT2D eigenvalue weighted by Crippen LogP contribution is -2.43. The maximum Gasteiger partial charge on any atom is 0.321 e. The first-order valence-electron chi connectivity index (χ1n) is 10.2. The van der Waals surface area contributed by atoms with Gasteiger partial charge in [-0.1, -0.05) is 11.3 Å². The molecular formula is C22H23F2N3O5S. The van der Waals surface area contributed by atoms with Crippen LogP contribution in [0.2, 0.25) is 0 Å². The summed E-state index contributed by atoms with van der Waals surface area (Å²) in [5, 5.41) is 3.14. The van der Waals surface area contributed by atoms with Crippen LogP contribution in [0.1, 0.15) is 12.8 Å². The van der Waals surface area contributed by atoms with E-state index < -0.39 is 11.6 Å². The maximum atomic E-state index is 13.9. The van der Waals surface area contributed by atoms with Gasteiger partial charge in [0.25, 0.3) is 5.19 Å². The van der Waals surface area contributed by atoms with E-state index in [1.807, 2.05) is 0 Å². The lowest BCUT2D eigenvalue weighted by atomic mass is 10.1. The number of hydrogen-bond donors (Lipinski definition) is 1. The number of fused-ring (bicyclic) bond motifs is 1. The molecule has 0 spiro atoms. The number of methoxy groups -OCH3 is 3. The molecule has 176 valence electrons. The number of aromatic nitrogens is 1. The average molecular weight is 480 g/mol. The summed E-state index contributed by atoms with van der Waals surface area (Å²) < 4.78 is 49.5.